The highest BCUT2D eigenvalue weighted by atomic mass is 16.3. The zero-order valence-corrected chi connectivity index (χ0v) is 5.91. The van der Waals surface area contributed by atoms with E-state index in [1.54, 1.807) is 6.20 Å². The van der Waals surface area contributed by atoms with Crippen LogP contribution in [0.4, 0.5) is 0 Å². The first-order chi connectivity index (χ1) is 5.25. The summed E-state index contributed by atoms with van der Waals surface area (Å²) in [6, 6.07) is 3.01. The molecule has 1 rings (SSSR count). The molecule has 0 fully saturated rings. The summed E-state index contributed by atoms with van der Waals surface area (Å²) in [6.07, 6.45) is 1.79. The van der Waals surface area contributed by atoms with Crippen LogP contribution in [-0.2, 0) is 0 Å². The average molecular weight is 151 g/mol. The Morgan fingerprint density at radius 3 is 3.00 bits per heavy atom. The molecule has 4 nitrogen and oxygen atoms in total. The molecule has 58 valence electrons. The van der Waals surface area contributed by atoms with Crippen LogP contribution in [0.5, 0.6) is 5.75 Å². The largest absolute Gasteiger partial charge is 0.506 e. The molecule has 11 heavy (non-hydrogen) atoms. The van der Waals surface area contributed by atoms with Gasteiger partial charge in [-0.1, -0.05) is 0 Å². The maximum atomic E-state index is 9.13. The fraction of sp³-hybridized carbons (Fsp3) is 0.286. The van der Waals surface area contributed by atoms with Crippen LogP contribution in [0.2, 0.25) is 0 Å². The Balaban J connectivity index is 2.77. The van der Waals surface area contributed by atoms with Crippen molar-refractivity contribution >= 4 is 0 Å². The van der Waals surface area contributed by atoms with Crippen molar-refractivity contribution in [2.45, 2.75) is 12.5 Å². The van der Waals surface area contributed by atoms with Crippen molar-refractivity contribution in [3.8, 4) is 11.8 Å². The van der Waals surface area contributed by atoms with Crippen molar-refractivity contribution in [3.05, 3.63) is 18.0 Å². The first-order valence-corrected chi connectivity index (χ1v) is 3.24. The van der Waals surface area contributed by atoms with Crippen molar-refractivity contribution in [1.29, 1.82) is 5.26 Å². The highest BCUT2D eigenvalue weighted by Gasteiger charge is 2.10. The lowest BCUT2D eigenvalue weighted by Gasteiger charge is -2.04. The fourth-order valence-corrected chi connectivity index (χ4v) is 0.871. The molecule has 0 amide bonds. The van der Waals surface area contributed by atoms with Gasteiger partial charge in [0.2, 0.25) is 0 Å². The minimum absolute atomic E-state index is 0.118. The summed E-state index contributed by atoms with van der Waals surface area (Å²) in [4.78, 5) is 2.76. The van der Waals surface area contributed by atoms with Gasteiger partial charge in [0.1, 0.15) is 5.75 Å². The molecular weight excluding hydrogens is 142 g/mol. The second-order valence-electron chi connectivity index (χ2n) is 2.25. The smallest absolute Gasteiger partial charge is 0.137 e. The lowest BCUT2D eigenvalue weighted by molar-refractivity contribution is 0.462. The van der Waals surface area contributed by atoms with Gasteiger partial charge in [-0.25, -0.2) is 0 Å². The van der Waals surface area contributed by atoms with Gasteiger partial charge in [-0.3, -0.25) is 0 Å². The molecule has 1 aromatic rings. The van der Waals surface area contributed by atoms with Crippen LogP contribution in [0.1, 0.15) is 18.2 Å². The van der Waals surface area contributed by atoms with E-state index in [-0.39, 0.29) is 12.2 Å². The van der Waals surface area contributed by atoms with E-state index < -0.39 is 6.04 Å². The summed E-state index contributed by atoms with van der Waals surface area (Å²) >= 11 is 0. The molecule has 0 aliphatic rings. The molecule has 0 aliphatic carbocycles. The van der Waals surface area contributed by atoms with Crippen LogP contribution in [0.3, 0.4) is 0 Å². The van der Waals surface area contributed by atoms with E-state index in [1.165, 1.54) is 6.07 Å². The Bertz CT molecular complexity index is 273. The number of aromatic nitrogens is 1. The van der Waals surface area contributed by atoms with Gasteiger partial charge in [0.25, 0.3) is 0 Å². The number of hydrogen-bond donors (Lipinski definition) is 3. The predicted molar refractivity (Wildman–Crippen MR) is 39.6 cm³/mol. The maximum absolute atomic E-state index is 9.13. The number of hydrogen-bond acceptors (Lipinski definition) is 3. The summed E-state index contributed by atoms with van der Waals surface area (Å²) in [6.45, 7) is 0. The Morgan fingerprint density at radius 1 is 1.82 bits per heavy atom. The summed E-state index contributed by atoms with van der Waals surface area (Å²) in [5, 5.41) is 17.4. The Morgan fingerprint density at radius 2 is 2.55 bits per heavy atom. The van der Waals surface area contributed by atoms with E-state index >= 15 is 0 Å². The third-order valence-corrected chi connectivity index (χ3v) is 1.44. The molecule has 4 N–H and O–H groups in total. The molecule has 0 bridgehead atoms. The highest BCUT2D eigenvalue weighted by molar-refractivity contribution is 5.28. The molecule has 4 heteroatoms. The number of aromatic hydroxyl groups is 1. The molecule has 1 aromatic heterocycles. The van der Waals surface area contributed by atoms with Gasteiger partial charge in [0.05, 0.1) is 24.2 Å². The summed E-state index contributed by atoms with van der Waals surface area (Å²) < 4.78 is 0. The van der Waals surface area contributed by atoms with Crippen LogP contribution >= 0.6 is 0 Å². The zero-order chi connectivity index (χ0) is 8.27. The van der Waals surface area contributed by atoms with Gasteiger partial charge in [0.15, 0.2) is 0 Å². The number of nitrogens with two attached hydrogens (primary N) is 1. The highest BCUT2D eigenvalue weighted by Crippen LogP contribution is 2.21. The van der Waals surface area contributed by atoms with Crippen molar-refractivity contribution < 1.29 is 5.11 Å². The molecule has 0 aliphatic heterocycles. The Kier molecular flexibility index (Phi) is 2.14. The van der Waals surface area contributed by atoms with Crippen molar-refractivity contribution in [3.63, 3.8) is 0 Å². The molecule has 0 unspecified atom stereocenters. The third kappa shape index (κ3) is 1.51. The van der Waals surface area contributed by atoms with E-state index in [9.17, 15) is 0 Å². The molecule has 0 spiro atoms. The van der Waals surface area contributed by atoms with Crippen LogP contribution in [0.15, 0.2) is 12.3 Å². The summed E-state index contributed by atoms with van der Waals surface area (Å²) in [5.74, 6) is 0.118. The first kappa shape index (κ1) is 7.63. The molecule has 1 heterocycles. The SMILES string of the molecule is N#CC[C@H](N)c1[nH]ccc1O. The van der Waals surface area contributed by atoms with E-state index in [0.29, 0.717) is 5.69 Å². The number of nitrogens with zero attached hydrogens (tertiary/aromatic N) is 1. The fourth-order valence-electron chi connectivity index (χ4n) is 0.871. The van der Waals surface area contributed by atoms with Crippen LogP contribution < -0.4 is 5.73 Å². The van der Waals surface area contributed by atoms with E-state index in [1.807, 2.05) is 6.07 Å². The molecule has 0 aromatic carbocycles. The summed E-state index contributed by atoms with van der Waals surface area (Å²) in [7, 11) is 0. The number of rotatable bonds is 2. The zero-order valence-electron chi connectivity index (χ0n) is 5.91. The number of H-pyrrole nitrogens is 1. The maximum Gasteiger partial charge on any atom is 0.137 e. The Labute approximate surface area is 64.3 Å². The normalized spacial score (nSPS) is 12.4. The van der Waals surface area contributed by atoms with Crippen molar-refractivity contribution in [2.24, 2.45) is 5.73 Å². The van der Waals surface area contributed by atoms with Crippen molar-refractivity contribution in [2.75, 3.05) is 0 Å². The lowest BCUT2D eigenvalue weighted by atomic mass is 10.1. The molecule has 0 radical (unpaired) electrons. The van der Waals surface area contributed by atoms with Gasteiger partial charge in [0, 0.05) is 6.20 Å². The minimum atomic E-state index is -0.421. The third-order valence-electron chi connectivity index (χ3n) is 1.44. The average Bonchev–Trinajstić information content (AvgIpc) is 2.36. The molecule has 0 saturated carbocycles. The second-order valence-corrected chi connectivity index (χ2v) is 2.25. The lowest BCUT2D eigenvalue weighted by Crippen LogP contribution is -2.09. The van der Waals surface area contributed by atoms with Gasteiger partial charge in [-0.2, -0.15) is 5.26 Å². The Hall–Kier alpha value is -1.47. The van der Waals surface area contributed by atoms with Gasteiger partial charge in [-0.15, -0.1) is 0 Å². The molecular formula is C7H9N3O. The van der Waals surface area contributed by atoms with Crippen LogP contribution in [-0.4, -0.2) is 10.1 Å². The van der Waals surface area contributed by atoms with Gasteiger partial charge < -0.3 is 15.8 Å². The van der Waals surface area contributed by atoms with Gasteiger partial charge >= 0.3 is 0 Å². The first-order valence-electron chi connectivity index (χ1n) is 3.24. The summed E-state index contributed by atoms with van der Waals surface area (Å²) in [5.41, 5.74) is 6.06. The van der Waals surface area contributed by atoms with Crippen molar-refractivity contribution in [1.82, 2.24) is 4.98 Å². The number of aromatic amines is 1. The standard InChI is InChI=1S/C7H9N3O/c8-3-1-5(9)7-6(11)2-4-10-7/h2,4-5,10-11H,1,9H2/t5-/m0/s1. The van der Waals surface area contributed by atoms with Crippen LogP contribution in [0, 0.1) is 11.3 Å². The minimum Gasteiger partial charge on any atom is -0.506 e. The topological polar surface area (TPSA) is 85.8 Å². The monoisotopic (exact) mass is 151 g/mol. The predicted octanol–water partition coefficient (Wildman–Crippen LogP) is 0.634. The molecule has 1 atom stereocenters. The van der Waals surface area contributed by atoms with E-state index in [2.05, 4.69) is 4.98 Å². The van der Waals surface area contributed by atoms with E-state index in [0.717, 1.165) is 0 Å². The number of nitriles is 1. The van der Waals surface area contributed by atoms with Crippen LogP contribution in [0.25, 0.3) is 0 Å². The second kappa shape index (κ2) is 3.08. The quantitative estimate of drug-likeness (QED) is 0.579. The molecule has 0 saturated heterocycles. The number of nitrogens with one attached hydrogen (secondary N) is 1. The van der Waals surface area contributed by atoms with Gasteiger partial charge in [-0.05, 0) is 6.07 Å². The van der Waals surface area contributed by atoms with E-state index in [4.69, 9.17) is 16.1 Å².